The highest BCUT2D eigenvalue weighted by Crippen LogP contribution is 2.20. The Labute approximate surface area is 108 Å². The fourth-order valence-corrected chi connectivity index (χ4v) is 1.96. The van der Waals surface area contributed by atoms with Crippen molar-refractivity contribution >= 4 is 5.69 Å². The van der Waals surface area contributed by atoms with Crippen LogP contribution in [0, 0.1) is 6.92 Å². The van der Waals surface area contributed by atoms with Crippen molar-refractivity contribution in [1.29, 1.82) is 0 Å². The molecule has 2 rings (SSSR count). The summed E-state index contributed by atoms with van der Waals surface area (Å²) >= 11 is 0. The molecule has 1 N–H and O–H groups in total. The van der Waals surface area contributed by atoms with E-state index in [0.29, 0.717) is 0 Å². The predicted molar refractivity (Wildman–Crippen MR) is 75.7 cm³/mol. The van der Waals surface area contributed by atoms with Gasteiger partial charge in [-0.25, -0.2) is 9.97 Å². The van der Waals surface area contributed by atoms with Gasteiger partial charge in [-0.05, 0) is 31.5 Å². The number of aryl methyl sites for hydroxylation is 2. The van der Waals surface area contributed by atoms with Crippen LogP contribution in [-0.4, -0.2) is 17.0 Å². The van der Waals surface area contributed by atoms with Crippen LogP contribution in [0.25, 0.3) is 11.4 Å². The van der Waals surface area contributed by atoms with Crippen LogP contribution in [0.2, 0.25) is 0 Å². The van der Waals surface area contributed by atoms with Crippen LogP contribution < -0.4 is 5.32 Å². The molecule has 3 heteroatoms. The minimum atomic E-state index is 0.815. The van der Waals surface area contributed by atoms with Gasteiger partial charge in [-0.2, -0.15) is 0 Å². The van der Waals surface area contributed by atoms with Crippen LogP contribution in [0.4, 0.5) is 5.69 Å². The van der Waals surface area contributed by atoms with E-state index < -0.39 is 0 Å². The lowest BCUT2D eigenvalue weighted by molar-refractivity contribution is 0.869. The van der Waals surface area contributed by atoms with Gasteiger partial charge in [0.05, 0.1) is 0 Å². The summed E-state index contributed by atoms with van der Waals surface area (Å²) in [5.74, 6) is 0.815. The lowest BCUT2D eigenvalue weighted by atomic mass is 10.1. The molecule has 1 aromatic carbocycles. The Kier molecular flexibility index (Phi) is 3.92. The first kappa shape index (κ1) is 12.6. The molecule has 0 aliphatic heterocycles. The first-order valence-corrected chi connectivity index (χ1v) is 6.35. The maximum Gasteiger partial charge on any atom is 0.159 e. The molecule has 0 radical (unpaired) electrons. The quantitative estimate of drug-likeness (QED) is 0.891. The summed E-state index contributed by atoms with van der Waals surface area (Å²) in [6.45, 7) is 4.19. The largest absolute Gasteiger partial charge is 0.388 e. The van der Waals surface area contributed by atoms with Crippen LogP contribution >= 0.6 is 0 Å². The number of benzene rings is 1. The minimum absolute atomic E-state index is 0.815. The van der Waals surface area contributed by atoms with Crippen LogP contribution in [-0.2, 0) is 6.42 Å². The first-order valence-electron chi connectivity index (χ1n) is 6.35. The first-order chi connectivity index (χ1) is 8.72. The molecule has 0 aliphatic carbocycles. The van der Waals surface area contributed by atoms with Gasteiger partial charge < -0.3 is 5.32 Å². The van der Waals surface area contributed by atoms with E-state index in [4.69, 9.17) is 0 Å². The second-order valence-electron chi connectivity index (χ2n) is 4.41. The highest BCUT2D eigenvalue weighted by Gasteiger charge is 2.05. The van der Waals surface area contributed by atoms with Crippen molar-refractivity contribution in [2.45, 2.75) is 26.7 Å². The zero-order valence-corrected chi connectivity index (χ0v) is 11.2. The summed E-state index contributed by atoms with van der Waals surface area (Å²) in [6, 6.07) is 10.2. The third-order valence-corrected chi connectivity index (χ3v) is 2.82. The molecule has 0 unspecified atom stereocenters. The second-order valence-corrected chi connectivity index (χ2v) is 4.41. The molecule has 2 aromatic rings. The molecular formula is C15H19N3. The smallest absolute Gasteiger partial charge is 0.159 e. The lowest BCUT2D eigenvalue weighted by Gasteiger charge is -2.07. The van der Waals surface area contributed by atoms with E-state index in [0.717, 1.165) is 41.3 Å². The van der Waals surface area contributed by atoms with Crippen molar-refractivity contribution in [3.63, 3.8) is 0 Å². The maximum atomic E-state index is 4.63. The average molecular weight is 241 g/mol. The van der Waals surface area contributed by atoms with Gasteiger partial charge in [-0.1, -0.05) is 25.5 Å². The van der Waals surface area contributed by atoms with Gasteiger partial charge in [0.15, 0.2) is 5.82 Å². The highest BCUT2D eigenvalue weighted by molar-refractivity contribution is 5.62. The minimum Gasteiger partial charge on any atom is -0.388 e. The summed E-state index contributed by atoms with van der Waals surface area (Å²) in [4.78, 5) is 9.15. The van der Waals surface area contributed by atoms with E-state index in [-0.39, 0.29) is 0 Å². The number of hydrogen-bond acceptors (Lipinski definition) is 3. The second kappa shape index (κ2) is 5.63. The van der Waals surface area contributed by atoms with E-state index in [1.165, 1.54) is 0 Å². The summed E-state index contributed by atoms with van der Waals surface area (Å²) in [6.07, 6.45) is 2.11. The zero-order chi connectivity index (χ0) is 13.0. The standard InChI is InChI=1S/C15H19N3/c1-4-6-14-9-11(2)17-15(18-14)12-7-5-8-13(10-12)16-3/h5,7-10,16H,4,6H2,1-3H3. The molecule has 0 saturated carbocycles. The molecule has 3 nitrogen and oxygen atoms in total. The summed E-state index contributed by atoms with van der Waals surface area (Å²) < 4.78 is 0. The van der Waals surface area contributed by atoms with E-state index in [2.05, 4.69) is 34.3 Å². The fourth-order valence-electron chi connectivity index (χ4n) is 1.96. The van der Waals surface area contributed by atoms with Crippen molar-refractivity contribution in [3.05, 3.63) is 41.7 Å². The van der Waals surface area contributed by atoms with E-state index in [9.17, 15) is 0 Å². The molecule has 0 atom stereocenters. The molecule has 0 amide bonds. The molecular weight excluding hydrogens is 222 g/mol. The highest BCUT2D eigenvalue weighted by atomic mass is 14.9. The van der Waals surface area contributed by atoms with Crippen molar-refractivity contribution in [2.24, 2.45) is 0 Å². The van der Waals surface area contributed by atoms with Gasteiger partial charge in [0.2, 0.25) is 0 Å². The van der Waals surface area contributed by atoms with Gasteiger partial charge in [0, 0.05) is 29.7 Å². The Balaban J connectivity index is 2.42. The van der Waals surface area contributed by atoms with Crippen molar-refractivity contribution < 1.29 is 0 Å². The number of aromatic nitrogens is 2. The van der Waals surface area contributed by atoms with Gasteiger partial charge in [-0.15, -0.1) is 0 Å². The van der Waals surface area contributed by atoms with E-state index >= 15 is 0 Å². The SMILES string of the molecule is CCCc1cc(C)nc(-c2cccc(NC)c2)n1. The van der Waals surface area contributed by atoms with Gasteiger partial charge in [0.25, 0.3) is 0 Å². The third-order valence-electron chi connectivity index (χ3n) is 2.82. The number of anilines is 1. The molecule has 0 fully saturated rings. The van der Waals surface area contributed by atoms with Crippen LogP contribution in [0.5, 0.6) is 0 Å². The van der Waals surface area contributed by atoms with Gasteiger partial charge >= 0.3 is 0 Å². The normalized spacial score (nSPS) is 10.4. The van der Waals surface area contributed by atoms with Crippen LogP contribution in [0.15, 0.2) is 30.3 Å². The Morgan fingerprint density at radius 1 is 1.17 bits per heavy atom. The van der Waals surface area contributed by atoms with E-state index in [1.807, 2.05) is 32.2 Å². The van der Waals surface area contributed by atoms with Gasteiger partial charge in [-0.3, -0.25) is 0 Å². The lowest BCUT2D eigenvalue weighted by Crippen LogP contribution is -1.98. The zero-order valence-electron chi connectivity index (χ0n) is 11.2. The molecule has 0 aliphatic rings. The van der Waals surface area contributed by atoms with Gasteiger partial charge in [0.1, 0.15) is 0 Å². The monoisotopic (exact) mass is 241 g/mol. The molecule has 0 saturated heterocycles. The Morgan fingerprint density at radius 3 is 2.72 bits per heavy atom. The van der Waals surface area contributed by atoms with E-state index in [1.54, 1.807) is 0 Å². The average Bonchev–Trinajstić information content (AvgIpc) is 2.38. The van der Waals surface area contributed by atoms with Crippen LogP contribution in [0.3, 0.4) is 0 Å². The summed E-state index contributed by atoms with van der Waals surface area (Å²) in [5.41, 5.74) is 4.28. The maximum absolute atomic E-state index is 4.63. The number of nitrogens with zero attached hydrogens (tertiary/aromatic N) is 2. The molecule has 1 aromatic heterocycles. The predicted octanol–water partition coefficient (Wildman–Crippen LogP) is 3.45. The molecule has 1 heterocycles. The van der Waals surface area contributed by atoms with Crippen molar-refractivity contribution in [2.75, 3.05) is 12.4 Å². The molecule has 94 valence electrons. The van der Waals surface area contributed by atoms with Crippen LogP contribution in [0.1, 0.15) is 24.7 Å². The topological polar surface area (TPSA) is 37.8 Å². The fraction of sp³-hybridized carbons (Fsp3) is 0.333. The number of nitrogens with one attached hydrogen (secondary N) is 1. The number of rotatable bonds is 4. The molecule has 0 bridgehead atoms. The Bertz CT molecular complexity index is 535. The summed E-state index contributed by atoms with van der Waals surface area (Å²) in [7, 11) is 1.92. The van der Waals surface area contributed by atoms with Crippen molar-refractivity contribution in [1.82, 2.24) is 9.97 Å². The molecule has 0 spiro atoms. The molecule has 18 heavy (non-hydrogen) atoms. The number of hydrogen-bond donors (Lipinski definition) is 1. The third kappa shape index (κ3) is 2.86. The Hall–Kier alpha value is -1.90. The Morgan fingerprint density at radius 2 is 2.00 bits per heavy atom. The summed E-state index contributed by atoms with van der Waals surface area (Å²) in [5, 5.41) is 3.14. The van der Waals surface area contributed by atoms with Crippen molar-refractivity contribution in [3.8, 4) is 11.4 Å².